The molecule has 0 aromatic carbocycles. The Morgan fingerprint density at radius 2 is 2.25 bits per heavy atom. The van der Waals surface area contributed by atoms with E-state index in [0.717, 1.165) is 37.7 Å². The van der Waals surface area contributed by atoms with Crippen LogP contribution in [0.2, 0.25) is 0 Å². The molecule has 1 fully saturated rings. The van der Waals surface area contributed by atoms with Gasteiger partial charge in [-0.15, -0.1) is 0 Å². The number of nitrogens with one attached hydrogen (secondary N) is 1. The van der Waals surface area contributed by atoms with Gasteiger partial charge in [-0.2, -0.15) is 5.10 Å². The fourth-order valence-electron chi connectivity index (χ4n) is 2.54. The van der Waals surface area contributed by atoms with Crippen molar-refractivity contribution >= 4 is 0 Å². The second-order valence-corrected chi connectivity index (χ2v) is 5.89. The van der Waals surface area contributed by atoms with Crippen LogP contribution in [0.1, 0.15) is 37.9 Å². The first-order valence-electron chi connectivity index (χ1n) is 7.65. The molecular weight excluding hydrogens is 252 g/mol. The molecular formula is C15H28N4O. The topological polar surface area (TPSA) is 42.3 Å². The Labute approximate surface area is 122 Å². The average molecular weight is 280 g/mol. The molecule has 5 nitrogen and oxygen atoms in total. The van der Waals surface area contributed by atoms with Gasteiger partial charge < -0.3 is 15.0 Å². The number of ether oxygens (including phenoxy) is 1. The third-order valence-electron chi connectivity index (χ3n) is 3.83. The Kier molecular flexibility index (Phi) is 5.43. The van der Waals surface area contributed by atoms with Crippen molar-refractivity contribution in [2.24, 2.45) is 5.92 Å². The van der Waals surface area contributed by atoms with E-state index in [1.807, 2.05) is 6.20 Å². The lowest BCUT2D eigenvalue weighted by Crippen LogP contribution is -2.28. The van der Waals surface area contributed by atoms with Gasteiger partial charge in [0.05, 0.1) is 31.6 Å². The van der Waals surface area contributed by atoms with E-state index in [0.29, 0.717) is 6.04 Å². The molecule has 1 aliphatic carbocycles. The second kappa shape index (κ2) is 7.09. The molecule has 5 heteroatoms. The highest BCUT2D eigenvalue weighted by atomic mass is 16.5. The largest absolute Gasteiger partial charge is 0.493 e. The number of rotatable bonds is 9. The molecule has 1 unspecified atom stereocenters. The highest BCUT2D eigenvalue weighted by Gasteiger charge is 2.36. The van der Waals surface area contributed by atoms with E-state index in [2.05, 4.69) is 41.0 Å². The second-order valence-electron chi connectivity index (χ2n) is 5.89. The molecule has 0 radical (unpaired) electrons. The summed E-state index contributed by atoms with van der Waals surface area (Å²) in [6, 6.07) is 0.384. The minimum absolute atomic E-state index is 0.384. The minimum Gasteiger partial charge on any atom is -0.493 e. The van der Waals surface area contributed by atoms with Crippen molar-refractivity contribution < 1.29 is 4.74 Å². The van der Waals surface area contributed by atoms with Crippen molar-refractivity contribution in [2.75, 3.05) is 34.3 Å². The van der Waals surface area contributed by atoms with Gasteiger partial charge in [-0.25, -0.2) is 0 Å². The van der Waals surface area contributed by atoms with E-state index >= 15 is 0 Å². The number of aromatic nitrogens is 2. The monoisotopic (exact) mass is 280 g/mol. The zero-order chi connectivity index (χ0) is 14.5. The molecule has 114 valence electrons. The molecule has 1 heterocycles. The third-order valence-corrected chi connectivity index (χ3v) is 3.83. The Bertz CT molecular complexity index is 412. The van der Waals surface area contributed by atoms with Gasteiger partial charge in [-0.1, -0.05) is 6.92 Å². The van der Waals surface area contributed by atoms with Gasteiger partial charge in [0.1, 0.15) is 0 Å². The Balaban J connectivity index is 2.18. The van der Waals surface area contributed by atoms with E-state index < -0.39 is 0 Å². The van der Waals surface area contributed by atoms with Gasteiger partial charge in [0.15, 0.2) is 5.75 Å². The highest BCUT2D eigenvalue weighted by molar-refractivity contribution is 5.30. The third kappa shape index (κ3) is 3.73. The Morgan fingerprint density at radius 3 is 2.80 bits per heavy atom. The summed E-state index contributed by atoms with van der Waals surface area (Å²) in [5.41, 5.74) is 1.23. The van der Waals surface area contributed by atoms with Gasteiger partial charge in [0.2, 0.25) is 0 Å². The zero-order valence-electron chi connectivity index (χ0n) is 13.2. The molecule has 0 amide bonds. The van der Waals surface area contributed by atoms with Crippen LogP contribution in [0, 0.1) is 5.92 Å². The number of nitrogens with zero attached hydrogens (tertiary/aromatic N) is 3. The summed E-state index contributed by atoms with van der Waals surface area (Å²) in [6.45, 7) is 5.15. The maximum absolute atomic E-state index is 5.53. The first-order valence-corrected chi connectivity index (χ1v) is 7.65. The van der Waals surface area contributed by atoms with E-state index in [1.165, 1.54) is 18.5 Å². The van der Waals surface area contributed by atoms with E-state index in [9.17, 15) is 0 Å². The minimum atomic E-state index is 0.384. The van der Waals surface area contributed by atoms with Gasteiger partial charge in [0.25, 0.3) is 0 Å². The van der Waals surface area contributed by atoms with Gasteiger partial charge in [-0.05, 0) is 45.8 Å². The Hall–Kier alpha value is -1.07. The van der Waals surface area contributed by atoms with Gasteiger partial charge in [0, 0.05) is 6.54 Å². The number of hydrogen-bond acceptors (Lipinski definition) is 4. The smallest absolute Gasteiger partial charge is 0.161 e. The van der Waals surface area contributed by atoms with Crippen LogP contribution < -0.4 is 10.1 Å². The molecule has 0 aliphatic heterocycles. The molecule has 0 saturated heterocycles. The quantitative estimate of drug-likeness (QED) is 0.750. The maximum Gasteiger partial charge on any atom is 0.161 e. The summed E-state index contributed by atoms with van der Waals surface area (Å²) >= 11 is 0. The molecule has 20 heavy (non-hydrogen) atoms. The predicted molar refractivity (Wildman–Crippen MR) is 81.1 cm³/mol. The van der Waals surface area contributed by atoms with Gasteiger partial charge >= 0.3 is 0 Å². The van der Waals surface area contributed by atoms with Crippen molar-refractivity contribution in [1.29, 1.82) is 0 Å². The van der Waals surface area contributed by atoms with Crippen molar-refractivity contribution in [2.45, 2.75) is 38.8 Å². The highest BCUT2D eigenvalue weighted by Crippen LogP contribution is 2.43. The lowest BCUT2D eigenvalue weighted by atomic mass is 10.1. The molecule has 1 aromatic heterocycles. The fraction of sp³-hybridized carbons (Fsp3) is 0.800. The lowest BCUT2D eigenvalue weighted by molar-refractivity contribution is 0.347. The molecule has 1 saturated carbocycles. The summed E-state index contributed by atoms with van der Waals surface area (Å²) in [5.74, 6) is 1.66. The summed E-state index contributed by atoms with van der Waals surface area (Å²) in [5, 5.41) is 8.21. The van der Waals surface area contributed by atoms with Crippen LogP contribution >= 0.6 is 0 Å². The lowest BCUT2D eigenvalue weighted by Gasteiger charge is -2.21. The van der Waals surface area contributed by atoms with Crippen LogP contribution in [0.15, 0.2) is 6.20 Å². The van der Waals surface area contributed by atoms with Crippen LogP contribution in [0.4, 0.5) is 0 Å². The standard InChI is InChI=1S/C15H28N4O/c1-5-8-16-14(12-6-7-12)15-13(20-4)11-17-19(15)10-9-18(2)3/h11-12,14,16H,5-10H2,1-4H3. The number of likely N-dealkylation sites (N-methyl/N-ethyl adjacent to an activating group) is 1. The van der Waals surface area contributed by atoms with Crippen LogP contribution in [0.5, 0.6) is 5.75 Å². The normalized spacial score (nSPS) is 16.6. The molecule has 1 atom stereocenters. The molecule has 1 aliphatic rings. The maximum atomic E-state index is 5.53. The first kappa shape index (κ1) is 15.3. The SMILES string of the molecule is CCCNC(c1c(OC)cnn1CCN(C)C)C1CC1. The van der Waals surface area contributed by atoms with Crippen LogP contribution in [0.3, 0.4) is 0 Å². The number of hydrogen-bond donors (Lipinski definition) is 1. The summed E-state index contributed by atoms with van der Waals surface area (Å²) in [4.78, 5) is 2.18. The van der Waals surface area contributed by atoms with Crippen LogP contribution in [0.25, 0.3) is 0 Å². The molecule has 1 aromatic rings. The molecule has 0 bridgehead atoms. The van der Waals surface area contributed by atoms with Crippen LogP contribution in [-0.2, 0) is 6.54 Å². The fourth-order valence-corrected chi connectivity index (χ4v) is 2.54. The van der Waals surface area contributed by atoms with Crippen molar-refractivity contribution in [3.8, 4) is 5.75 Å². The Morgan fingerprint density at radius 1 is 1.50 bits per heavy atom. The summed E-state index contributed by atoms with van der Waals surface area (Å²) in [7, 11) is 5.92. The summed E-state index contributed by atoms with van der Waals surface area (Å²) < 4.78 is 7.65. The zero-order valence-corrected chi connectivity index (χ0v) is 13.2. The predicted octanol–water partition coefficient (Wildman–Crippen LogP) is 1.90. The average Bonchev–Trinajstić information content (AvgIpc) is 3.18. The first-order chi connectivity index (χ1) is 9.67. The van der Waals surface area contributed by atoms with E-state index in [4.69, 9.17) is 4.74 Å². The van der Waals surface area contributed by atoms with E-state index in [-0.39, 0.29) is 0 Å². The van der Waals surface area contributed by atoms with Crippen LogP contribution in [-0.4, -0.2) is 49.0 Å². The van der Waals surface area contributed by atoms with Crippen molar-refractivity contribution in [1.82, 2.24) is 20.0 Å². The number of methoxy groups -OCH3 is 1. The van der Waals surface area contributed by atoms with Crippen molar-refractivity contribution in [3.63, 3.8) is 0 Å². The molecule has 0 spiro atoms. The summed E-state index contributed by atoms with van der Waals surface area (Å²) in [6.07, 6.45) is 5.62. The van der Waals surface area contributed by atoms with E-state index in [1.54, 1.807) is 7.11 Å². The van der Waals surface area contributed by atoms with Crippen molar-refractivity contribution in [3.05, 3.63) is 11.9 Å². The van der Waals surface area contributed by atoms with Gasteiger partial charge in [-0.3, -0.25) is 4.68 Å². The molecule has 1 N–H and O–H groups in total. The molecule has 2 rings (SSSR count).